The summed E-state index contributed by atoms with van der Waals surface area (Å²) in [7, 11) is -3.73. The number of anilines is 1. The second-order valence-corrected chi connectivity index (χ2v) is 6.11. The average molecular weight is 322 g/mol. The number of nitrogens with two attached hydrogens (primary N) is 1. The molecule has 2 rings (SSSR count). The first-order valence-electron chi connectivity index (χ1n) is 5.94. The largest absolute Gasteiger partial charge is 0.320 e. The molecule has 21 heavy (non-hydrogen) atoms. The van der Waals surface area contributed by atoms with E-state index in [1.165, 1.54) is 18.5 Å². The predicted molar refractivity (Wildman–Crippen MR) is 82.4 cm³/mol. The molecular formula is C14H12ClN3O2S. The van der Waals surface area contributed by atoms with Crippen molar-refractivity contribution >= 4 is 27.3 Å². The number of benzene rings is 1. The van der Waals surface area contributed by atoms with Gasteiger partial charge in [0.25, 0.3) is 10.0 Å². The van der Waals surface area contributed by atoms with Crippen LogP contribution < -0.4 is 10.5 Å². The van der Waals surface area contributed by atoms with Gasteiger partial charge in [-0.15, -0.1) is 0 Å². The topological polar surface area (TPSA) is 85.1 Å². The van der Waals surface area contributed by atoms with Crippen molar-refractivity contribution in [2.75, 3.05) is 11.3 Å². The van der Waals surface area contributed by atoms with E-state index in [0.29, 0.717) is 16.3 Å². The van der Waals surface area contributed by atoms with Gasteiger partial charge in [-0.25, -0.2) is 8.42 Å². The first kappa shape index (κ1) is 15.3. The molecule has 0 aliphatic heterocycles. The number of sulfonamides is 1. The lowest BCUT2D eigenvalue weighted by Gasteiger charge is -2.10. The van der Waals surface area contributed by atoms with Crippen LogP contribution in [0.5, 0.6) is 0 Å². The Balaban J connectivity index is 2.40. The van der Waals surface area contributed by atoms with Crippen molar-refractivity contribution in [2.24, 2.45) is 5.73 Å². The van der Waals surface area contributed by atoms with E-state index in [1.807, 2.05) is 0 Å². The Hall–Kier alpha value is -2.07. The highest BCUT2D eigenvalue weighted by atomic mass is 35.5. The molecule has 0 fully saturated rings. The molecule has 0 aliphatic rings. The van der Waals surface area contributed by atoms with Crippen LogP contribution >= 0.6 is 11.6 Å². The summed E-state index contributed by atoms with van der Waals surface area (Å²) in [5.74, 6) is 5.46. The number of nitrogens with zero attached hydrogens (tertiary/aromatic N) is 1. The van der Waals surface area contributed by atoms with Gasteiger partial charge in [-0.3, -0.25) is 9.71 Å². The van der Waals surface area contributed by atoms with Gasteiger partial charge in [0, 0.05) is 17.4 Å². The van der Waals surface area contributed by atoms with Crippen LogP contribution in [0, 0.1) is 11.8 Å². The molecule has 0 saturated heterocycles. The minimum atomic E-state index is -3.73. The molecule has 0 unspecified atom stereocenters. The Morgan fingerprint density at radius 2 is 2.14 bits per heavy atom. The number of rotatable bonds is 3. The zero-order chi connectivity index (χ0) is 15.3. The van der Waals surface area contributed by atoms with Gasteiger partial charge in [0.1, 0.15) is 4.90 Å². The number of aromatic nitrogens is 1. The highest BCUT2D eigenvalue weighted by Crippen LogP contribution is 2.22. The Bertz CT molecular complexity index is 796. The molecule has 0 radical (unpaired) electrons. The number of pyridine rings is 1. The van der Waals surface area contributed by atoms with Gasteiger partial charge in [-0.05, 0) is 30.3 Å². The summed E-state index contributed by atoms with van der Waals surface area (Å²) in [5, 5.41) is 0.459. The number of halogens is 1. The zero-order valence-corrected chi connectivity index (χ0v) is 12.4. The fourth-order valence-electron chi connectivity index (χ4n) is 1.56. The summed E-state index contributed by atoms with van der Waals surface area (Å²) >= 11 is 5.90. The van der Waals surface area contributed by atoms with E-state index in [2.05, 4.69) is 21.5 Å². The molecule has 0 bridgehead atoms. The summed E-state index contributed by atoms with van der Waals surface area (Å²) < 4.78 is 27.0. The zero-order valence-electron chi connectivity index (χ0n) is 10.9. The Labute approximate surface area is 128 Å². The maximum Gasteiger partial charge on any atom is 0.263 e. The van der Waals surface area contributed by atoms with Crippen molar-refractivity contribution in [3.63, 3.8) is 0 Å². The molecule has 0 saturated carbocycles. The average Bonchev–Trinajstić information content (AvgIpc) is 2.48. The maximum atomic E-state index is 12.3. The summed E-state index contributed by atoms with van der Waals surface area (Å²) in [6.45, 7) is 0.168. The van der Waals surface area contributed by atoms with Gasteiger partial charge < -0.3 is 5.73 Å². The monoisotopic (exact) mass is 321 g/mol. The van der Waals surface area contributed by atoms with Crippen LogP contribution in [-0.4, -0.2) is 19.9 Å². The third kappa shape index (κ3) is 3.95. The summed E-state index contributed by atoms with van der Waals surface area (Å²) in [6.07, 6.45) is 2.77. The second kappa shape index (κ2) is 6.59. The van der Waals surface area contributed by atoms with Crippen molar-refractivity contribution in [3.8, 4) is 11.8 Å². The van der Waals surface area contributed by atoms with Crippen molar-refractivity contribution in [1.29, 1.82) is 0 Å². The molecule has 0 atom stereocenters. The summed E-state index contributed by atoms with van der Waals surface area (Å²) in [4.78, 5) is 3.86. The highest BCUT2D eigenvalue weighted by Gasteiger charge is 2.15. The number of hydrogen-bond acceptors (Lipinski definition) is 4. The lowest BCUT2D eigenvalue weighted by atomic mass is 10.2. The van der Waals surface area contributed by atoms with Gasteiger partial charge in [0.15, 0.2) is 0 Å². The first-order chi connectivity index (χ1) is 10.0. The van der Waals surface area contributed by atoms with Crippen molar-refractivity contribution < 1.29 is 8.42 Å². The van der Waals surface area contributed by atoms with E-state index in [1.54, 1.807) is 24.3 Å². The van der Waals surface area contributed by atoms with Gasteiger partial charge in [-0.1, -0.05) is 23.4 Å². The SMILES string of the molecule is NCC#Cc1cc(Cl)ccc1NS(=O)(=O)c1cccnc1. The fourth-order valence-corrected chi connectivity index (χ4v) is 2.78. The molecule has 7 heteroatoms. The molecule has 1 heterocycles. The molecule has 0 aliphatic carbocycles. The van der Waals surface area contributed by atoms with Crippen LogP contribution in [0.2, 0.25) is 5.02 Å². The third-order valence-corrected chi connectivity index (χ3v) is 4.08. The maximum absolute atomic E-state index is 12.3. The van der Waals surface area contributed by atoms with Gasteiger partial charge in [0.05, 0.1) is 17.8 Å². The normalized spacial score (nSPS) is 10.6. The number of nitrogens with one attached hydrogen (secondary N) is 1. The lowest BCUT2D eigenvalue weighted by Crippen LogP contribution is -2.14. The standard InChI is InChI=1S/C14H12ClN3O2S/c15-12-5-6-14(11(9-12)3-1-7-16)18-21(19,20)13-4-2-8-17-10-13/h2,4-6,8-10,18H,7,16H2. The van der Waals surface area contributed by atoms with E-state index in [9.17, 15) is 8.42 Å². The minimum absolute atomic E-state index is 0.0673. The van der Waals surface area contributed by atoms with Crippen LogP contribution in [-0.2, 0) is 10.0 Å². The van der Waals surface area contributed by atoms with E-state index in [0.717, 1.165) is 0 Å². The third-order valence-electron chi connectivity index (χ3n) is 2.50. The molecule has 0 spiro atoms. The van der Waals surface area contributed by atoms with Crippen molar-refractivity contribution in [2.45, 2.75) is 4.90 Å². The predicted octanol–water partition coefficient (Wildman–Crippen LogP) is 1.85. The Kier molecular flexibility index (Phi) is 4.81. The lowest BCUT2D eigenvalue weighted by molar-refractivity contribution is 0.601. The molecule has 2 aromatic rings. The van der Waals surface area contributed by atoms with Crippen LogP contribution in [0.4, 0.5) is 5.69 Å². The highest BCUT2D eigenvalue weighted by molar-refractivity contribution is 7.92. The minimum Gasteiger partial charge on any atom is -0.320 e. The Morgan fingerprint density at radius 3 is 2.81 bits per heavy atom. The molecule has 3 N–H and O–H groups in total. The smallest absolute Gasteiger partial charge is 0.263 e. The van der Waals surface area contributed by atoms with E-state index in [4.69, 9.17) is 17.3 Å². The van der Waals surface area contributed by atoms with E-state index in [-0.39, 0.29) is 11.4 Å². The van der Waals surface area contributed by atoms with Crippen molar-refractivity contribution in [1.82, 2.24) is 4.98 Å². The molecule has 5 nitrogen and oxygen atoms in total. The van der Waals surface area contributed by atoms with Crippen LogP contribution in [0.1, 0.15) is 5.56 Å². The number of hydrogen-bond donors (Lipinski definition) is 2. The van der Waals surface area contributed by atoms with Crippen LogP contribution in [0.3, 0.4) is 0 Å². The molecule has 1 aromatic heterocycles. The van der Waals surface area contributed by atoms with Gasteiger partial charge in [0.2, 0.25) is 0 Å². The summed E-state index contributed by atoms with van der Waals surface area (Å²) in [6, 6.07) is 7.71. The van der Waals surface area contributed by atoms with Crippen molar-refractivity contribution in [3.05, 3.63) is 53.3 Å². The second-order valence-electron chi connectivity index (χ2n) is 3.99. The molecule has 108 valence electrons. The first-order valence-corrected chi connectivity index (χ1v) is 7.80. The van der Waals surface area contributed by atoms with Gasteiger partial charge in [-0.2, -0.15) is 0 Å². The fraction of sp³-hybridized carbons (Fsp3) is 0.0714. The molecule has 1 aromatic carbocycles. The Morgan fingerprint density at radius 1 is 1.33 bits per heavy atom. The molecule has 0 amide bonds. The van der Waals surface area contributed by atoms with E-state index >= 15 is 0 Å². The van der Waals surface area contributed by atoms with Gasteiger partial charge >= 0.3 is 0 Å². The molecular weight excluding hydrogens is 310 g/mol. The van der Waals surface area contributed by atoms with Crippen LogP contribution in [0.15, 0.2) is 47.6 Å². The van der Waals surface area contributed by atoms with E-state index < -0.39 is 10.0 Å². The summed E-state index contributed by atoms with van der Waals surface area (Å²) in [5.41, 5.74) is 6.13. The quantitative estimate of drug-likeness (QED) is 0.845. The van der Waals surface area contributed by atoms with Crippen LogP contribution in [0.25, 0.3) is 0 Å².